The minimum absolute atomic E-state index is 0.0808. The molecule has 0 atom stereocenters. The molecule has 1 amide bonds. The van der Waals surface area contributed by atoms with E-state index in [2.05, 4.69) is 62.5 Å². The van der Waals surface area contributed by atoms with E-state index in [1.54, 1.807) is 12.1 Å². The van der Waals surface area contributed by atoms with E-state index in [-0.39, 0.29) is 11.3 Å². The first-order valence-corrected chi connectivity index (χ1v) is 10.9. The van der Waals surface area contributed by atoms with E-state index in [1.165, 1.54) is 5.56 Å². The third kappa shape index (κ3) is 5.38. The van der Waals surface area contributed by atoms with Gasteiger partial charge in [0.2, 0.25) is 5.91 Å². The maximum Gasteiger partial charge on any atom is 0.248 e. The third-order valence-electron chi connectivity index (χ3n) is 5.47. The van der Waals surface area contributed by atoms with Gasteiger partial charge >= 0.3 is 0 Å². The van der Waals surface area contributed by atoms with Gasteiger partial charge in [0, 0.05) is 17.8 Å². The Balaban J connectivity index is 1.59. The van der Waals surface area contributed by atoms with Gasteiger partial charge in [-0.3, -0.25) is 4.79 Å². The van der Waals surface area contributed by atoms with Crippen molar-refractivity contribution in [1.82, 2.24) is 0 Å². The van der Waals surface area contributed by atoms with Crippen LogP contribution in [0.5, 0.6) is 11.5 Å². The molecule has 4 nitrogen and oxygen atoms in total. The topological polar surface area (TPSA) is 47.6 Å². The quantitative estimate of drug-likeness (QED) is 0.507. The Morgan fingerprint density at radius 1 is 0.906 bits per heavy atom. The Morgan fingerprint density at radius 2 is 1.59 bits per heavy atom. The molecule has 1 aliphatic heterocycles. The highest BCUT2D eigenvalue weighted by Gasteiger charge is 2.15. The summed E-state index contributed by atoms with van der Waals surface area (Å²) in [4.78, 5) is 12.9. The molecule has 3 aromatic carbocycles. The Kier molecular flexibility index (Phi) is 6.31. The number of carbonyl (C=O) groups is 1. The first kappa shape index (κ1) is 21.7. The van der Waals surface area contributed by atoms with Crippen molar-refractivity contribution in [3.05, 3.63) is 95.6 Å². The molecule has 0 saturated heterocycles. The monoisotopic (exact) mass is 427 g/mol. The fourth-order valence-electron chi connectivity index (χ4n) is 3.69. The number of amides is 1. The number of fused-ring (bicyclic) bond motifs is 1. The zero-order chi connectivity index (χ0) is 22.6. The lowest BCUT2D eigenvalue weighted by molar-refractivity contribution is -0.111. The van der Waals surface area contributed by atoms with Crippen LogP contribution in [0.4, 0.5) is 5.69 Å². The van der Waals surface area contributed by atoms with E-state index in [1.807, 2.05) is 30.3 Å². The molecule has 0 unspecified atom stereocenters. The van der Waals surface area contributed by atoms with Crippen LogP contribution >= 0.6 is 0 Å². The summed E-state index contributed by atoms with van der Waals surface area (Å²) in [7, 11) is 0. The number of carbonyl (C=O) groups excluding carboxylic acids is 1. The molecule has 3 aromatic rings. The molecule has 32 heavy (non-hydrogen) atoms. The predicted octanol–water partition coefficient (Wildman–Crippen LogP) is 6.02. The van der Waals surface area contributed by atoms with Crippen molar-refractivity contribution in [3.63, 3.8) is 0 Å². The van der Waals surface area contributed by atoms with Crippen LogP contribution in [0, 0.1) is 0 Å². The average molecular weight is 428 g/mol. The van der Waals surface area contributed by atoms with Gasteiger partial charge in [-0.15, -0.1) is 0 Å². The minimum atomic E-state index is -0.174. The van der Waals surface area contributed by atoms with E-state index >= 15 is 0 Å². The second kappa shape index (κ2) is 9.31. The van der Waals surface area contributed by atoms with E-state index in [0.29, 0.717) is 36.8 Å². The molecule has 164 valence electrons. The molecule has 0 aromatic heterocycles. The largest absolute Gasteiger partial charge is 0.486 e. The highest BCUT2D eigenvalue weighted by atomic mass is 16.6. The smallest absolute Gasteiger partial charge is 0.248 e. The Hall–Kier alpha value is -3.53. The summed E-state index contributed by atoms with van der Waals surface area (Å²) in [5.74, 6) is 1.18. The molecule has 0 bridgehead atoms. The second-order valence-corrected chi connectivity index (χ2v) is 9.01. The van der Waals surface area contributed by atoms with Gasteiger partial charge < -0.3 is 14.8 Å². The van der Waals surface area contributed by atoms with E-state index in [4.69, 9.17) is 9.47 Å². The van der Waals surface area contributed by atoms with Crippen molar-refractivity contribution >= 4 is 17.2 Å². The number of hydrogen-bond donors (Lipinski definition) is 1. The number of rotatable bonds is 5. The highest BCUT2D eigenvalue weighted by Crippen LogP contribution is 2.33. The van der Waals surface area contributed by atoms with E-state index < -0.39 is 0 Å². The fraction of sp³-hybridized carbons (Fsp3) is 0.250. The number of hydrogen-bond acceptors (Lipinski definition) is 3. The first-order valence-electron chi connectivity index (χ1n) is 10.9. The number of allylic oxidation sites excluding steroid dienone is 1. The third-order valence-corrected chi connectivity index (χ3v) is 5.47. The van der Waals surface area contributed by atoms with E-state index in [0.717, 1.165) is 16.7 Å². The van der Waals surface area contributed by atoms with Crippen molar-refractivity contribution < 1.29 is 14.3 Å². The molecular formula is C28H29NO3. The Morgan fingerprint density at radius 3 is 2.28 bits per heavy atom. The zero-order valence-corrected chi connectivity index (χ0v) is 18.9. The summed E-state index contributed by atoms with van der Waals surface area (Å²) in [6.07, 6.45) is 2.36. The van der Waals surface area contributed by atoms with Gasteiger partial charge in [0.05, 0.1) is 0 Å². The molecule has 0 fully saturated rings. The molecule has 0 radical (unpaired) electrons. The standard InChI is InChI=1S/C28H29NO3/c1-28(2,3)23-11-9-21(10-12-23)22(17-20-7-5-4-6-8-20)18-27(30)29-24-13-14-25-26(19-24)32-16-15-31-25/h4-14,18-19H,15-17H2,1-3H3,(H,29,30)/b22-18+. The van der Waals surface area contributed by atoms with Crippen LogP contribution in [0.3, 0.4) is 0 Å². The lowest BCUT2D eigenvalue weighted by Gasteiger charge is -2.20. The van der Waals surface area contributed by atoms with Gasteiger partial charge in [-0.05, 0) is 46.2 Å². The minimum Gasteiger partial charge on any atom is -0.486 e. The molecule has 1 N–H and O–H groups in total. The number of anilines is 1. The highest BCUT2D eigenvalue weighted by molar-refractivity contribution is 6.04. The molecule has 0 saturated carbocycles. The van der Waals surface area contributed by atoms with Crippen molar-refractivity contribution in [3.8, 4) is 11.5 Å². The van der Waals surface area contributed by atoms with Crippen molar-refractivity contribution in [1.29, 1.82) is 0 Å². The SMILES string of the molecule is CC(C)(C)c1ccc(/C(=C/C(=O)Nc2ccc3c(c2)OCCO3)Cc2ccccc2)cc1. The van der Waals surface area contributed by atoms with Crippen LogP contribution in [0.15, 0.2) is 78.9 Å². The van der Waals surface area contributed by atoms with Gasteiger partial charge in [-0.2, -0.15) is 0 Å². The molecular weight excluding hydrogens is 398 g/mol. The molecule has 1 heterocycles. The summed E-state index contributed by atoms with van der Waals surface area (Å²) >= 11 is 0. The molecule has 4 heteroatoms. The number of ether oxygens (including phenoxy) is 2. The van der Waals surface area contributed by atoms with Gasteiger partial charge in [0.25, 0.3) is 0 Å². The lowest BCUT2D eigenvalue weighted by Crippen LogP contribution is -2.16. The summed E-state index contributed by atoms with van der Waals surface area (Å²) in [6, 6.07) is 24.1. The van der Waals surface area contributed by atoms with Crippen molar-refractivity contribution in [2.75, 3.05) is 18.5 Å². The van der Waals surface area contributed by atoms with Gasteiger partial charge in [0.1, 0.15) is 13.2 Å². The van der Waals surface area contributed by atoms with Crippen LogP contribution in [-0.2, 0) is 16.6 Å². The summed E-state index contributed by atoms with van der Waals surface area (Å²) in [6.45, 7) is 7.64. The second-order valence-electron chi connectivity index (χ2n) is 9.01. The molecule has 0 spiro atoms. The normalized spacial score (nSPS) is 13.5. The average Bonchev–Trinajstić information content (AvgIpc) is 2.79. The van der Waals surface area contributed by atoms with Crippen LogP contribution < -0.4 is 14.8 Å². The molecule has 1 aliphatic rings. The van der Waals surface area contributed by atoms with Crippen molar-refractivity contribution in [2.45, 2.75) is 32.6 Å². The van der Waals surface area contributed by atoms with Crippen LogP contribution in [0.2, 0.25) is 0 Å². The van der Waals surface area contributed by atoms with Crippen LogP contribution in [-0.4, -0.2) is 19.1 Å². The molecule has 0 aliphatic carbocycles. The van der Waals surface area contributed by atoms with Gasteiger partial charge in [-0.25, -0.2) is 0 Å². The Labute approximate surface area is 189 Å². The van der Waals surface area contributed by atoms with Crippen molar-refractivity contribution in [2.24, 2.45) is 0 Å². The number of benzene rings is 3. The summed E-state index contributed by atoms with van der Waals surface area (Å²) in [5.41, 5.74) is 5.19. The first-order chi connectivity index (χ1) is 15.4. The van der Waals surface area contributed by atoms with Gasteiger partial charge in [0.15, 0.2) is 11.5 Å². The van der Waals surface area contributed by atoms with Gasteiger partial charge in [-0.1, -0.05) is 75.4 Å². The van der Waals surface area contributed by atoms with Crippen LogP contribution in [0.25, 0.3) is 5.57 Å². The summed E-state index contributed by atoms with van der Waals surface area (Å²) < 4.78 is 11.2. The maximum atomic E-state index is 12.9. The zero-order valence-electron chi connectivity index (χ0n) is 18.9. The predicted molar refractivity (Wildman–Crippen MR) is 129 cm³/mol. The van der Waals surface area contributed by atoms with Crippen LogP contribution in [0.1, 0.15) is 37.5 Å². The lowest BCUT2D eigenvalue weighted by atomic mass is 9.86. The number of nitrogens with one attached hydrogen (secondary N) is 1. The van der Waals surface area contributed by atoms with E-state index in [9.17, 15) is 4.79 Å². The maximum absolute atomic E-state index is 12.9. The Bertz CT molecular complexity index is 1110. The molecule has 4 rings (SSSR count). The fourth-order valence-corrected chi connectivity index (χ4v) is 3.69. The summed E-state index contributed by atoms with van der Waals surface area (Å²) in [5, 5.41) is 2.96.